The van der Waals surface area contributed by atoms with Gasteiger partial charge in [0.05, 0.1) is 26.4 Å². The number of aliphatic hydroxyl groups excluding tert-OH is 12. The van der Waals surface area contributed by atoms with Crippen LogP contribution in [0.2, 0.25) is 0 Å². The second-order valence-corrected chi connectivity index (χ2v) is 8.09. The van der Waals surface area contributed by atoms with Gasteiger partial charge in [-0.3, -0.25) is 0 Å². The second-order valence-electron chi connectivity index (χ2n) is 8.09. The lowest BCUT2D eigenvalue weighted by molar-refractivity contribution is -0.367. The lowest BCUT2D eigenvalue weighted by Gasteiger charge is -2.46. The fourth-order valence-corrected chi connectivity index (χ4v) is 3.62. The first kappa shape index (κ1) is 29.6. The molecule has 2 fully saturated rings. The highest BCUT2D eigenvalue weighted by Crippen LogP contribution is 2.30. The molecule has 2 aliphatic heterocycles. The van der Waals surface area contributed by atoms with E-state index in [0.29, 0.717) is 0 Å². The molecule has 0 amide bonds. The predicted molar refractivity (Wildman–Crippen MR) is 103 cm³/mol. The summed E-state index contributed by atoms with van der Waals surface area (Å²) in [5.41, 5.74) is 0. The fraction of sp³-hybridized carbons (Fsp3) is 1.00. The minimum Gasteiger partial charge on any atom is -0.394 e. The average Bonchev–Trinajstić information content (AvgIpc) is 2.84. The van der Waals surface area contributed by atoms with Gasteiger partial charge in [-0.1, -0.05) is 0 Å². The zero-order valence-corrected chi connectivity index (χ0v) is 17.9. The summed E-state index contributed by atoms with van der Waals surface area (Å²) in [6, 6.07) is 0. The van der Waals surface area contributed by atoms with Gasteiger partial charge >= 0.3 is 0 Å². The van der Waals surface area contributed by atoms with Crippen LogP contribution in [0.1, 0.15) is 0 Å². The van der Waals surface area contributed by atoms with E-state index in [4.69, 9.17) is 24.1 Å². The molecule has 2 saturated heterocycles. The van der Waals surface area contributed by atoms with Gasteiger partial charge in [0.1, 0.15) is 73.2 Å². The van der Waals surface area contributed by atoms with E-state index in [1.807, 2.05) is 0 Å². The van der Waals surface area contributed by atoms with Gasteiger partial charge in [-0.2, -0.15) is 0 Å². The molecule has 0 spiro atoms. The van der Waals surface area contributed by atoms with Crippen LogP contribution in [0, 0.1) is 0 Å². The molecular weight excluding hydrogens is 472 g/mol. The van der Waals surface area contributed by atoms with E-state index >= 15 is 0 Å². The predicted octanol–water partition coefficient (Wildman–Crippen LogP) is -7.94. The average molecular weight is 506 g/mol. The van der Waals surface area contributed by atoms with Crippen molar-refractivity contribution in [2.24, 2.45) is 0 Å². The maximum atomic E-state index is 10.7. The molecule has 202 valence electrons. The molecule has 0 saturated carbocycles. The van der Waals surface area contributed by atoms with Crippen molar-refractivity contribution in [1.29, 1.82) is 0 Å². The summed E-state index contributed by atoms with van der Waals surface area (Å²) in [5.74, 6) is 0. The van der Waals surface area contributed by atoms with Gasteiger partial charge in [-0.05, 0) is 0 Å². The summed E-state index contributed by atoms with van der Waals surface area (Å²) in [5, 5.41) is 118. The summed E-state index contributed by atoms with van der Waals surface area (Å²) in [4.78, 5) is 0. The van der Waals surface area contributed by atoms with Gasteiger partial charge in [0, 0.05) is 0 Å². The molecule has 0 aliphatic carbocycles. The van der Waals surface area contributed by atoms with Gasteiger partial charge in [-0.15, -0.1) is 0 Å². The quantitative estimate of drug-likeness (QED) is 0.124. The molecule has 2 aliphatic rings. The minimum absolute atomic E-state index is 0.771. The molecule has 16 nitrogen and oxygen atoms in total. The highest BCUT2D eigenvalue weighted by Gasteiger charge is 2.51. The van der Waals surface area contributed by atoms with Gasteiger partial charge in [0.2, 0.25) is 0 Å². The van der Waals surface area contributed by atoms with Crippen LogP contribution in [-0.2, 0) is 18.9 Å². The van der Waals surface area contributed by atoms with E-state index in [2.05, 4.69) is 0 Å². The van der Waals surface area contributed by atoms with Crippen molar-refractivity contribution in [3.8, 4) is 0 Å². The van der Waals surface area contributed by atoms with Gasteiger partial charge in [0.15, 0.2) is 12.6 Å². The number of rotatable bonds is 11. The number of hydrogen-bond donors (Lipinski definition) is 12. The van der Waals surface area contributed by atoms with Gasteiger partial charge in [0.25, 0.3) is 0 Å². The molecule has 16 heteroatoms. The zero-order valence-electron chi connectivity index (χ0n) is 17.9. The molecule has 34 heavy (non-hydrogen) atoms. The molecule has 2 heterocycles. The number of ether oxygens (including phenoxy) is 4. The van der Waals surface area contributed by atoms with Crippen LogP contribution >= 0.6 is 0 Å². The summed E-state index contributed by atoms with van der Waals surface area (Å²) < 4.78 is 21.1. The van der Waals surface area contributed by atoms with Gasteiger partial charge in [-0.25, -0.2) is 0 Å². The van der Waals surface area contributed by atoms with Crippen molar-refractivity contribution in [1.82, 2.24) is 0 Å². The lowest BCUT2D eigenvalue weighted by Crippen LogP contribution is -2.65. The Morgan fingerprint density at radius 1 is 0.618 bits per heavy atom. The molecule has 0 radical (unpaired) electrons. The normalized spacial score (nSPS) is 42.7. The third-order valence-corrected chi connectivity index (χ3v) is 5.76. The Kier molecular flexibility index (Phi) is 11.4. The largest absolute Gasteiger partial charge is 0.394 e. The molecule has 2 rings (SSSR count). The van der Waals surface area contributed by atoms with Crippen molar-refractivity contribution >= 4 is 0 Å². The fourth-order valence-electron chi connectivity index (χ4n) is 3.62. The van der Waals surface area contributed by atoms with Crippen molar-refractivity contribution in [3.63, 3.8) is 0 Å². The van der Waals surface area contributed by atoms with E-state index in [1.54, 1.807) is 0 Å². The monoisotopic (exact) mass is 506 g/mol. The highest BCUT2D eigenvalue weighted by molar-refractivity contribution is 4.94. The van der Waals surface area contributed by atoms with E-state index in [9.17, 15) is 56.2 Å². The standard InChI is InChI=1S/C18H34O16/c19-1-5(23)9(24)10(25)6(2-20)32-18-15(30)16(12(27)8(4-22)33-18)34-17-14(29)13(28)11(26)7(3-21)31-17/h5-30H,1-4H2/t5-,6-,7+,8+,9-,10-,11+,12+,13-,14-,15-,16-,17+,18-/m0/s1. The van der Waals surface area contributed by atoms with Crippen LogP contribution in [0.25, 0.3) is 0 Å². The highest BCUT2D eigenvalue weighted by atomic mass is 16.7. The van der Waals surface area contributed by atoms with Gasteiger partial charge < -0.3 is 80.2 Å². The maximum absolute atomic E-state index is 10.7. The van der Waals surface area contributed by atoms with Crippen molar-refractivity contribution in [3.05, 3.63) is 0 Å². The smallest absolute Gasteiger partial charge is 0.187 e. The number of aliphatic hydroxyl groups is 12. The molecule has 12 N–H and O–H groups in total. The van der Waals surface area contributed by atoms with Crippen molar-refractivity contribution in [2.75, 3.05) is 26.4 Å². The summed E-state index contributed by atoms with van der Waals surface area (Å²) in [7, 11) is 0. The van der Waals surface area contributed by atoms with Crippen molar-refractivity contribution < 1.29 is 80.2 Å². The Labute approximate surface area is 193 Å². The molecular formula is C18H34O16. The van der Waals surface area contributed by atoms with E-state index in [0.717, 1.165) is 0 Å². The zero-order chi connectivity index (χ0) is 25.7. The Morgan fingerprint density at radius 2 is 1.18 bits per heavy atom. The molecule has 0 aromatic carbocycles. The molecule has 0 unspecified atom stereocenters. The first-order chi connectivity index (χ1) is 16.0. The SMILES string of the molecule is OC[C@H](O[C@H]1O[C@H](CO)[C@@H](O)[C@H](O[C@H]2O[C@H](CO)[C@@H](O)[C@H](O)[C@@H]2O)[C@@H]1O)[C@H](O)[C@@H](O)[C@@H](O)CO. The van der Waals surface area contributed by atoms with E-state index in [-0.39, 0.29) is 0 Å². The van der Waals surface area contributed by atoms with E-state index < -0.39 is 112 Å². The van der Waals surface area contributed by atoms with Crippen LogP contribution in [0.15, 0.2) is 0 Å². The van der Waals surface area contributed by atoms with Crippen LogP contribution in [0.3, 0.4) is 0 Å². The molecule has 0 aromatic rings. The molecule has 14 atom stereocenters. The Morgan fingerprint density at radius 3 is 1.71 bits per heavy atom. The Balaban J connectivity index is 2.19. The van der Waals surface area contributed by atoms with Crippen LogP contribution in [0.4, 0.5) is 0 Å². The Bertz CT molecular complexity index is 596. The maximum Gasteiger partial charge on any atom is 0.187 e. The summed E-state index contributed by atoms with van der Waals surface area (Å²) in [6.07, 6.45) is -24.7. The topological polar surface area (TPSA) is 280 Å². The first-order valence-corrected chi connectivity index (χ1v) is 10.5. The van der Waals surface area contributed by atoms with Crippen molar-refractivity contribution in [2.45, 2.75) is 85.8 Å². The summed E-state index contributed by atoms with van der Waals surface area (Å²) in [6.45, 7) is -3.49. The second kappa shape index (κ2) is 13.1. The lowest BCUT2D eigenvalue weighted by atomic mass is 9.96. The van der Waals surface area contributed by atoms with Crippen LogP contribution < -0.4 is 0 Å². The molecule has 0 aromatic heterocycles. The first-order valence-electron chi connectivity index (χ1n) is 10.5. The minimum atomic E-state index is -1.98. The Hall–Kier alpha value is -0.640. The van der Waals surface area contributed by atoms with E-state index in [1.165, 1.54) is 0 Å². The summed E-state index contributed by atoms with van der Waals surface area (Å²) >= 11 is 0. The third kappa shape index (κ3) is 6.37. The molecule has 0 bridgehead atoms. The van der Waals surface area contributed by atoms with Crippen LogP contribution in [-0.4, -0.2) is 174 Å². The number of hydrogen-bond acceptors (Lipinski definition) is 16. The van der Waals surface area contributed by atoms with Crippen LogP contribution in [0.5, 0.6) is 0 Å². The third-order valence-electron chi connectivity index (χ3n) is 5.76.